The van der Waals surface area contributed by atoms with E-state index in [-0.39, 0.29) is 4.90 Å². The molecule has 0 aromatic heterocycles. The first-order chi connectivity index (χ1) is 10.7. The average molecular weight is 342 g/mol. The lowest BCUT2D eigenvalue weighted by molar-refractivity contribution is -0.117. The van der Waals surface area contributed by atoms with Crippen LogP contribution >= 0.6 is 0 Å². The molecule has 0 fully saturated rings. The first-order valence-corrected chi connectivity index (χ1v) is 8.63. The maximum atomic E-state index is 12.5. The molecule has 0 bridgehead atoms. The van der Waals surface area contributed by atoms with Crippen LogP contribution in [0.3, 0.4) is 0 Å². The summed E-state index contributed by atoms with van der Waals surface area (Å²) in [4.78, 5) is 22.7. The van der Waals surface area contributed by atoms with Gasteiger partial charge in [0.1, 0.15) is 6.04 Å². The van der Waals surface area contributed by atoms with E-state index in [4.69, 9.17) is 5.73 Å². The zero-order chi connectivity index (χ0) is 17.6. The molecule has 0 saturated carbocycles. The van der Waals surface area contributed by atoms with Crippen molar-refractivity contribution < 1.29 is 18.0 Å². The first-order valence-electron chi connectivity index (χ1n) is 7.19. The monoisotopic (exact) mass is 342 g/mol. The van der Waals surface area contributed by atoms with Gasteiger partial charge in [0.25, 0.3) is 0 Å². The van der Waals surface area contributed by atoms with Gasteiger partial charge in [-0.05, 0) is 25.1 Å². The Balaban J connectivity index is 2.97. The van der Waals surface area contributed by atoms with Gasteiger partial charge in [-0.3, -0.25) is 4.79 Å². The number of amides is 3. The van der Waals surface area contributed by atoms with Gasteiger partial charge in [-0.1, -0.05) is 19.9 Å². The molecule has 23 heavy (non-hydrogen) atoms. The second-order valence-electron chi connectivity index (χ2n) is 4.84. The molecule has 1 aromatic rings. The fraction of sp³-hybridized carbons (Fsp3) is 0.429. The van der Waals surface area contributed by atoms with Crippen LogP contribution in [-0.4, -0.2) is 43.8 Å². The predicted molar refractivity (Wildman–Crippen MR) is 87.4 cm³/mol. The van der Waals surface area contributed by atoms with E-state index < -0.39 is 28.0 Å². The van der Waals surface area contributed by atoms with E-state index in [1.54, 1.807) is 19.9 Å². The van der Waals surface area contributed by atoms with Gasteiger partial charge in [0.05, 0.1) is 4.90 Å². The zero-order valence-corrected chi connectivity index (χ0v) is 14.2. The van der Waals surface area contributed by atoms with Crippen LogP contribution in [0, 0.1) is 0 Å². The van der Waals surface area contributed by atoms with E-state index in [1.807, 2.05) is 0 Å². The number of rotatable bonds is 7. The molecule has 0 spiro atoms. The molecule has 1 atom stereocenters. The number of hydrogen-bond acceptors (Lipinski definition) is 4. The topological polar surface area (TPSA) is 122 Å². The summed E-state index contributed by atoms with van der Waals surface area (Å²) >= 11 is 0. The Bertz CT molecular complexity index is 671. The summed E-state index contributed by atoms with van der Waals surface area (Å²) in [6.07, 6.45) is 0. The molecule has 1 aromatic carbocycles. The van der Waals surface area contributed by atoms with Crippen molar-refractivity contribution in [3.63, 3.8) is 0 Å². The summed E-state index contributed by atoms with van der Waals surface area (Å²) in [5.41, 5.74) is 5.28. The molecule has 0 saturated heterocycles. The normalized spacial score (nSPS) is 12.7. The van der Waals surface area contributed by atoms with E-state index >= 15 is 0 Å². The molecular formula is C14H22N4O4S. The third-order valence-corrected chi connectivity index (χ3v) is 5.24. The fourth-order valence-electron chi connectivity index (χ4n) is 1.98. The molecule has 128 valence electrons. The molecule has 8 nitrogen and oxygen atoms in total. The summed E-state index contributed by atoms with van der Waals surface area (Å²) < 4.78 is 26.2. The predicted octanol–water partition coefficient (Wildman–Crippen LogP) is 0.712. The van der Waals surface area contributed by atoms with E-state index in [0.29, 0.717) is 18.8 Å². The standard InChI is InChI=1S/C14H22N4O4S/c1-4-18(5-2)23(21,22)12-8-6-7-11(9-12)17-13(19)10(3)16-14(15)20/h6-10H,4-5H2,1-3H3,(H,17,19)(H3,15,16,20). The Morgan fingerprint density at radius 2 is 1.87 bits per heavy atom. The molecule has 0 aliphatic rings. The number of carbonyl (C=O) groups is 2. The number of hydrogen-bond donors (Lipinski definition) is 3. The molecule has 0 radical (unpaired) electrons. The van der Waals surface area contributed by atoms with Gasteiger partial charge in [0, 0.05) is 18.8 Å². The molecule has 0 aliphatic heterocycles. The molecule has 0 aliphatic carbocycles. The van der Waals surface area contributed by atoms with Gasteiger partial charge >= 0.3 is 6.03 Å². The summed E-state index contributed by atoms with van der Waals surface area (Å²) in [5.74, 6) is -0.499. The van der Waals surface area contributed by atoms with Crippen LogP contribution in [0.15, 0.2) is 29.2 Å². The number of urea groups is 1. The van der Waals surface area contributed by atoms with Crippen molar-refractivity contribution in [3.05, 3.63) is 24.3 Å². The summed E-state index contributed by atoms with van der Waals surface area (Å²) in [5, 5.41) is 4.79. The van der Waals surface area contributed by atoms with Crippen LogP contribution in [-0.2, 0) is 14.8 Å². The van der Waals surface area contributed by atoms with Gasteiger partial charge in [0.15, 0.2) is 0 Å². The number of nitrogens with one attached hydrogen (secondary N) is 2. The van der Waals surface area contributed by atoms with Crippen molar-refractivity contribution in [1.82, 2.24) is 9.62 Å². The van der Waals surface area contributed by atoms with E-state index in [2.05, 4.69) is 10.6 Å². The number of nitrogens with two attached hydrogens (primary N) is 1. The first kappa shape index (κ1) is 18.9. The second-order valence-corrected chi connectivity index (χ2v) is 6.77. The SMILES string of the molecule is CCN(CC)S(=O)(=O)c1cccc(NC(=O)C(C)NC(N)=O)c1. The average Bonchev–Trinajstić information content (AvgIpc) is 2.47. The van der Waals surface area contributed by atoms with Crippen molar-refractivity contribution >= 4 is 27.6 Å². The fourth-order valence-corrected chi connectivity index (χ4v) is 3.48. The van der Waals surface area contributed by atoms with Gasteiger partial charge in [-0.2, -0.15) is 4.31 Å². The number of nitrogens with zero attached hydrogens (tertiary/aromatic N) is 1. The van der Waals surface area contributed by atoms with Crippen LogP contribution in [0.1, 0.15) is 20.8 Å². The number of sulfonamides is 1. The number of primary amides is 1. The smallest absolute Gasteiger partial charge is 0.312 e. The zero-order valence-electron chi connectivity index (χ0n) is 13.4. The van der Waals surface area contributed by atoms with Crippen molar-refractivity contribution in [1.29, 1.82) is 0 Å². The van der Waals surface area contributed by atoms with Crippen molar-refractivity contribution in [2.75, 3.05) is 18.4 Å². The minimum Gasteiger partial charge on any atom is -0.352 e. The summed E-state index contributed by atoms with van der Waals surface area (Å²) in [6, 6.07) is 4.30. The highest BCUT2D eigenvalue weighted by Crippen LogP contribution is 2.19. The van der Waals surface area contributed by atoms with E-state index in [1.165, 1.54) is 29.4 Å². The van der Waals surface area contributed by atoms with Gasteiger partial charge < -0.3 is 16.4 Å². The van der Waals surface area contributed by atoms with Crippen molar-refractivity contribution in [2.45, 2.75) is 31.7 Å². The highest BCUT2D eigenvalue weighted by molar-refractivity contribution is 7.89. The highest BCUT2D eigenvalue weighted by atomic mass is 32.2. The largest absolute Gasteiger partial charge is 0.352 e. The van der Waals surface area contributed by atoms with Gasteiger partial charge in [-0.25, -0.2) is 13.2 Å². The Kier molecular flexibility index (Phi) is 6.52. The van der Waals surface area contributed by atoms with Crippen LogP contribution < -0.4 is 16.4 Å². The maximum absolute atomic E-state index is 12.5. The van der Waals surface area contributed by atoms with Crippen molar-refractivity contribution in [3.8, 4) is 0 Å². The minimum absolute atomic E-state index is 0.0921. The summed E-state index contributed by atoms with van der Waals surface area (Å²) in [7, 11) is -3.61. The Labute approximate surface area is 136 Å². The molecule has 1 rings (SSSR count). The van der Waals surface area contributed by atoms with Crippen LogP contribution in [0.5, 0.6) is 0 Å². The Morgan fingerprint density at radius 3 is 2.39 bits per heavy atom. The van der Waals surface area contributed by atoms with Gasteiger partial charge in [0.2, 0.25) is 15.9 Å². The number of carbonyl (C=O) groups excluding carboxylic acids is 2. The molecule has 9 heteroatoms. The summed E-state index contributed by atoms with van der Waals surface area (Å²) in [6.45, 7) is 5.69. The second kappa shape index (κ2) is 7.93. The lowest BCUT2D eigenvalue weighted by Gasteiger charge is -2.19. The van der Waals surface area contributed by atoms with Crippen LogP contribution in [0.2, 0.25) is 0 Å². The number of anilines is 1. The Morgan fingerprint density at radius 1 is 1.26 bits per heavy atom. The Hall–Kier alpha value is -2.13. The molecule has 3 amide bonds. The molecule has 0 heterocycles. The van der Waals surface area contributed by atoms with E-state index in [0.717, 1.165) is 0 Å². The van der Waals surface area contributed by atoms with Gasteiger partial charge in [-0.15, -0.1) is 0 Å². The quantitative estimate of drug-likeness (QED) is 0.675. The third-order valence-electron chi connectivity index (χ3n) is 3.20. The third kappa shape index (κ3) is 4.93. The van der Waals surface area contributed by atoms with E-state index in [9.17, 15) is 18.0 Å². The molecule has 1 unspecified atom stereocenters. The molecular weight excluding hydrogens is 320 g/mol. The van der Waals surface area contributed by atoms with Crippen LogP contribution in [0.25, 0.3) is 0 Å². The maximum Gasteiger partial charge on any atom is 0.312 e. The van der Waals surface area contributed by atoms with Crippen LogP contribution in [0.4, 0.5) is 10.5 Å². The lowest BCUT2D eigenvalue weighted by Crippen LogP contribution is -2.44. The van der Waals surface area contributed by atoms with Crippen molar-refractivity contribution in [2.24, 2.45) is 5.73 Å². The number of benzene rings is 1. The lowest BCUT2D eigenvalue weighted by atomic mass is 10.2. The molecule has 4 N–H and O–H groups in total. The minimum atomic E-state index is -3.61. The highest BCUT2D eigenvalue weighted by Gasteiger charge is 2.22.